The predicted molar refractivity (Wildman–Crippen MR) is 78.8 cm³/mol. The zero-order chi connectivity index (χ0) is 16.0. The summed E-state index contributed by atoms with van der Waals surface area (Å²) in [5, 5.41) is 0. The van der Waals surface area contributed by atoms with E-state index in [1.807, 2.05) is 25.1 Å². The number of methoxy groups -OCH3 is 1. The number of carbonyl (C=O) groups is 2. The number of carbonyl (C=O) groups excluding carboxylic acids is 2. The van der Waals surface area contributed by atoms with E-state index in [0.717, 1.165) is 11.1 Å². The van der Waals surface area contributed by atoms with E-state index in [9.17, 15) is 9.59 Å². The molecule has 0 saturated carbocycles. The van der Waals surface area contributed by atoms with E-state index in [2.05, 4.69) is 0 Å². The zero-order valence-corrected chi connectivity index (χ0v) is 12.9. The van der Waals surface area contributed by atoms with Crippen LogP contribution in [0.2, 0.25) is 0 Å². The number of hydrogen-bond acceptors (Lipinski definition) is 5. The average molecular weight is 294 g/mol. The lowest BCUT2D eigenvalue weighted by atomic mass is 10.1. The molecule has 0 aliphatic rings. The van der Waals surface area contributed by atoms with Crippen molar-refractivity contribution in [3.63, 3.8) is 0 Å². The highest BCUT2D eigenvalue weighted by Gasteiger charge is 2.26. The molecule has 0 bridgehead atoms. The van der Waals surface area contributed by atoms with E-state index >= 15 is 0 Å². The van der Waals surface area contributed by atoms with Crippen molar-refractivity contribution >= 4 is 11.9 Å². The highest BCUT2D eigenvalue weighted by atomic mass is 16.5. The lowest BCUT2D eigenvalue weighted by molar-refractivity contribution is -0.150. The smallest absolute Gasteiger partial charge is 0.332 e. The lowest BCUT2D eigenvalue weighted by Crippen LogP contribution is -2.47. The Balaban J connectivity index is 2.81. The summed E-state index contributed by atoms with van der Waals surface area (Å²) in [6.07, 6.45) is 0. The van der Waals surface area contributed by atoms with E-state index in [0.29, 0.717) is 12.3 Å². The Bertz CT molecular complexity index is 516. The SMILES string of the molecule is CCOC(=O)C(N)C(=O)N(C)Cc1cc(C)ccc1OC. The first-order valence-electron chi connectivity index (χ1n) is 6.71. The minimum absolute atomic E-state index is 0.190. The third-order valence-corrected chi connectivity index (χ3v) is 3.03. The fourth-order valence-electron chi connectivity index (χ4n) is 1.93. The quantitative estimate of drug-likeness (QED) is 0.621. The molecule has 0 heterocycles. The normalized spacial score (nSPS) is 11.7. The molecule has 0 radical (unpaired) electrons. The Labute approximate surface area is 124 Å². The zero-order valence-electron chi connectivity index (χ0n) is 12.9. The van der Waals surface area contributed by atoms with Gasteiger partial charge in [-0.05, 0) is 19.9 Å². The summed E-state index contributed by atoms with van der Waals surface area (Å²) in [5.74, 6) is -0.521. The van der Waals surface area contributed by atoms with Crippen LogP contribution < -0.4 is 10.5 Å². The molecular weight excluding hydrogens is 272 g/mol. The van der Waals surface area contributed by atoms with Gasteiger partial charge in [-0.3, -0.25) is 4.79 Å². The third-order valence-electron chi connectivity index (χ3n) is 3.03. The van der Waals surface area contributed by atoms with Gasteiger partial charge in [0, 0.05) is 19.2 Å². The molecule has 1 amide bonds. The van der Waals surface area contributed by atoms with Gasteiger partial charge in [0.1, 0.15) is 5.75 Å². The maximum Gasteiger partial charge on any atom is 0.332 e. The van der Waals surface area contributed by atoms with E-state index in [4.69, 9.17) is 15.2 Å². The van der Waals surface area contributed by atoms with Gasteiger partial charge in [0.2, 0.25) is 0 Å². The van der Waals surface area contributed by atoms with Gasteiger partial charge in [0.05, 0.1) is 13.7 Å². The van der Waals surface area contributed by atoms with Crippen molar-refractivity contribution < 1.29 is 19.1 Å². The summed E-state index contributed by atoms with van der Waals surface area (Å²) in [7, 11) is 3.16. The molecule has 6 nitrogen and oxygen atoms in total. The second-order valence-electron chi connectivity index (χ2n) is 4.74. The fourth-order valence-corrected chi connectivity index (χ4v) is 1.93. The van der Waals surface area contributed by atoms with Gasteiger partial charge in [-0.15, -0.1) is 0 Å². The Hall–Kier alpha value is -2.08. The van der Waals surface area contributed by atoms with Crippen LogP contribution in [0.5, 0.6) is 5.75 Å². The first-order valence-corrected chi connectivity index (χ1v) is 6.71. The Kier molecular flexibility index (Phi) is 6.17. The Morgan fingerprint density at radius 3 is 2.62 bits per heavy atom. The molecule has 1 unspecified atom stereocenters. The number of hydrogen-bond donors (Lipinski definition) is 1. The molecule has 0 fully saturated rings. The van der Waals surface area contributed by atoms with Crippen molar-refractivity contribution in [1.82, 2.24) is 4.90 Å². The van der Waals surface area contributed by atoms with Crippen LogP contribution in [0.25, 0.3) is 0 Å². The molecule has 2 N–H and O–H groups in total. The van der Waals surface area contributed by atoms with Gasteiger partial charge in [0.25, 0.3) is 5.91 Å². The highest BCUT2D eigenvalue weighted by molar-refractivity contribution is 6.01. The van der Waals surface area contributed by atoms with Gasteiger partial charge in [0.15, 0.2) is 6.04 Å². The molecule has 6 heteroatoms. The highest BCUT2D eigenvalue weighted by Crippen LogP contribution is 2.21. The van der Waals surface area contributed by atoms with E-state index in [1.54, 1.807) is 21.1 Å². The number of ether oxygens (including phenoxy) is 2. The molecule has 0 saturated heterocycles. The molecular formula is C15H22N2O4. The summed E-state index contributed by atoms with van der Waals surface area (Å²) in [4.78, 5) is 25.0. The molecule has 0 aromatic heterocycles. The first kappa shape index (κ1) is 17.0. The third kappa shape index (κ3) is 4.46. The molecule has 1 rings (SSSR count). The van der Waals surface area contributed by atoms with Gasteiger partial charge in [-0.1, -0.05) is 17.7 Å². The van der Waals surface area contributed by atoms with E-state index in [-0.39, 0.29) is 6.61 Å². The number of nitrogens with zero attached hydrogens (tertiary/aromatic N) is 1. The maximum absolute atomic E-state index is 12.1. The standard InChI is InChI=1S/C15H22N2O4/c1-5-21-15(19)13(16)14(18)17(3)9-11-8-10(2)6-7-12(11)20-4/h6-8,13H,5,9,16H2,1-4H3. The summed E-state index contributed by atoms with van der Waals surface area (Å²) in [6.45, 7) is 4.11. The van der Waals surface area contributed by atoms with Crippen molar-refractivity contribution in [3.8, 4) is 5.75 Å². The second kappa shape index (κ2) is 7.64. The van der Waals surface area contributed by atoms with E-state index in [1.165, 1.54) is 4.90 Å². The number of rotatable bonds is 6. The Morgan fingerprint density at radius 2 is 2.05 bits per heavy atom. The molecule has 0 aliphatic carbocycles. The molecule has 0 aliphatic heterocycles. The van der Waals surface area contributed by atoms with Gasteiger partial charge >= 0.3 is 5.97 Å². The molecule has 21 heavy (non-hydrogen) atoms. The predicted octanol–water partition coefficient (Wildman–Crippen LogP) is 0.852. The molecule has 1 atom stereocenters. The van der Waals surface area contributed by atoms with Gasteiger partial charge in [-0.2, -0.15) is 0 Å². The number of esters is 1. The summed E-state index contributed by atoms with van der Waals surface area (Å²) in [6, 6.07) is 4.40. The number of nitrogens with two attached hydrogens (primary N) is 1. The summed E-state index contributed by atoms with van der Waals surface area (Å²) < 4.78 is 10.0. The number of benzene rings is 1. The minimum atomic E-state index is -1.30. The van der Waals surface area contributed by atoms with Gasteiger partial charge < -0.3 is 20.1 Å². The van der Waals surface area contributed by atoms with Crippen LogP contribution >= 0.6 is 0 Å². The molecule has 1 aromatic carbocycles. The fraction of sp³-hybridized carbons (Fsp3) is 0.467. The van der Waals surface area contributed by atoms with Crippen LogP contribution in [0.3, 0.4) is 0 Å². The summed E-state index contributed by atoms with van der Waals surface area (Å²) >= 11 is 0. The molecule has 0 spiro atoms. The van der Waals surface area contributed by atoms with Crippen molar-refractivity contribution in [1.29, 1.82) is 0 Å². The second-order valence-corrected chi connectivity index (χ2v) is 4.74. The van der Waals surface area contributed by atoms with Crippen LogP contribution in [0.15, 0.2) is 18.2 Å². The monoisotopic (exact) mass is 294 g/mol. The number of aryl methyl sites for hydroxylation is 1. The van der Waals surface area contributed by atoms with Gasteiger partial charge in [-0.25, -0.2) is 4.79 Å². The summed E-state index contributed by atoms with van der Waals surface area (Å²) in [5.41, 5.74) is 7.51. The van der Waals surface area contributed by atoms with Crippen LogP contribution in [0, 0.1) is 6.92 Å². The van der Waals surface area contributed by atoms with Crippen molar-refractivity contribution in [2.75, 3.05) is 20.8 Å². The van der Waals surface area contributed by atoms with Crippen LogP contribution in [0.1, 0.15) is 18.1 Å². The van der Waals surface area contributed by atoms with E-state index < -0.39 is 17.9 Å². The van der Waals surface area contributed by atoms with Crippen LogP contribution in [-0.2, 0) is 20.9 Å². The first-order chi connectivity index (χ1) is 9.90. The maximum atomic E-state index is 12.1. The van der Waals surface area contributed by atoms with Crippen LogP contribution in [0.4, 0.5) is 0 Å². The van der Waals surface area contributed by atoms with Crippen LogP contribution in [-0.4, -0.2) is 43.6 Å². The topological polar surface area (TPSA) is 81.9 Å². The van der Waals surface area contributed by atoms with Crippen molar-refractivity contribution in [3.05, 3.63) is 29.3 Å². The number of amides is 1. The minimum Gasteiger partial charge on any atom is -0.496 e. The number of likely N-dealkylation sites (N-methyl/N-ethyl adjacent to an activating group) is 1. The lowest BCUT2D eigenvalue weighted by Gasteiger charge is -2.21. The molecule has 1 aromatic rings. The molecule has 116 valence electrons. The van der Waals surface area contributed by atoms with Crippen molar-refractivity contribution in [2.45, 2.75) is 26.4 Å². The average Bonchev–Trinajstić information content (AvgIpc) is 2.46. The Morgan fingerprint density at radius 1 is 1.38 bits per heavy atom. The largest absolute Gasteiger partial charge is 0.496 e. The van der Waals surface area contributed by atoms with Crippen molar-refractivity contribution in [2.24, 2.45) is 5.73 Å².